The molecule has 2 N–H and O–H groups in total. The van der Waals surface area contributed by atoms with Crippen molar-refractivity contribution in [3.8, 4) is 0 Å². The SMILES string of the molecule is [B]C1CCC(COP(=O)(O)O)C1C. The van der Waals surface area contributed by atoms with Gasteiger partial charge in [-0.25, -0.2) is 4.57 Å². The van der Waals surface area contributed by atoms with Gasteiger partial charge in [-0.05, 0) is 18.3 Å². The van der Waals surface area contributed by atoms with Crippen LogP contribution in [0.15, 0.2) is 0 Å². The largest absolute Gasteiger partial charge is 0.469 e. The standard InChI is InChI=1S/C7H14BO4P/c1-5-6(2-3-7(5)8)4-12-13(9,10)11/h5-7H,2-4H2,1H3,(H2,9,10,11). The second kappa shape index (κ2) is 4.14. The first-order valence-corrected chi connectivity index (χ1v) is 5.89. The van der Waals surface area contributed by atoms with E-state index in [0.717, 1.165) is 12.8 Å². The topological polar surface area (TPSA) is 66.8 Å². The molecule has 1 aliphatic rings. The number of hydrogen-bond acceptors (Lipinski definition) is 2. The number of hydrogen-bond donors (Lipinski definition) is 2. The summed E-state index contributed by atoms with van der Waals surface area (Å²) in [7, 11) is 1.45. The molecule has 2 radical (unpaired) electrons. The Bertz CT molecular complexity index is 217. The zero-order valence-corrected chi connectivity index (χ0v) is 8.48. The van der Waals surface area contributed by atoms with Crippen molar-refractivity contribution in [3.05, 3.63) is 0 Å². The van der Waals surface area contributed by atoms with Gasteiger partial charge in [-0.15, -0.1) is 0 Å². The number of phosphoric acid groups is 1. The molecule has 0 aromatic heterocycles. The average molecular weight is 204 g/mol. The Balaban J connectivity index is 2.35. The zero-order valence-electron chi connectivity index (χ0n) is 7.59. The van der Waals surface area contributed by atoms with Gasteiger partial charge >= 0.3 is 7.82 Å². The molecule has 0 aromatic rings. The van der Waals surface area contributed by atoms with E-state index >= 15 is 0 Å². The summed E-state index contributed by atoms with van der Waals surface area (Å²) in [6.07, 6.45) is 1.80. The maximum atomic E-state index is 10.4. The minimum Gasteiger partial charge on any atom is -0.303 e. The van der Waals surface area contributed by atoms with Gasteiger partial charge in [-0.3, -0.25) is 4.52 Å². The predicted octanol–water partition coefficient (Wildman–Crippen LogP) is 1.10. The van der Waals surface area contributed by atoms with E-state index in [0.29, 0.717) is 0 Å². The molecule has 0 aromatic carbocycles. The van der Waals surface area contributed by atoms with Gasteiger partial charge in [0.1, 0.15) is 0 Å². The summed E-state index contributed by atoms with van der Waals surface area (Å²) in [5.74, 6) is 0.611. The molecule has 0 spiro atoms. The van der Waals surface area contributed by atoms with Crippen LogP contribution in [0.5, 0.6) is 0 Å². The molecule has 1 rings (SSSR count). The monoisotopic (exact) mass is 204 g/mol. The summed E-state index contributed by atoms with van der Waals surface area (Å²) in [6, 6.07) is 0. The highest BCUT2D eigenvalue weighted by atomic mass is 31.2. The fourth-order valence-electron chi connectivity index (χ4n) is 1.71. The second-order valence-corrected chi connectivity index (χ2v) is 4.89. The summed E-state index contributed by atoms with van der Waals surface area (Å²) in [5.41, 5.74) is 0. The summed E-state index contributed by atoms with van der Waals surface area (Å²) in [4.78, 5) is 17.0. The Morgan fingerprint density at radius 2 is 2.15 bits per heavy atom. The third-order valence-corrected chi connectivity index (χ3v) is 3.23. The first-order chi connectivity index (χ1) is 5.90. The van der Waals surface area contributed by atoms with E-state index in [4.69, 9.17) is 17.6 Å². The Morgan fingerprint density at radius 3 is 2.54 bits per heavy atom. The molecule has 0 aliphatic heterocycles. The van der Waals surface area contributed by atoms with Gasteiger partial charge in [0.2, 0.25) is 0 Å². The van der Waals surface area contributed by atoms with E-state index in [-0.39, 0.29) is 24.3 Å². The van der Waals surface area contributed by atoms with E-state index in [1.807, 2.05) is 6.92 Å². The van der Waals surface area contributed by atoms with Gasteiger partial charge in [0, 0.05) is 0 Å². The lowest BCUT2D eigenvalue weighted by Crippen LogP contribution is -2.13. The van der Waals surface area contributed by atoms with Crippen LogP contribution in [0, 0.1) is 11.8 Å². The molecule has 6 heteroatoms. The van der Waals surface area contributed by atoms with Gasteiger partial charge in [-0.2, -0.15) is 0 Å². The fraction of sp³-hybridized carbons (Fsp3) is 1.00. The van der Waals surface area contributed by atoms with Crippen molar-refractivity contribution in [1.29, 1.82) is 0 Å². The van der Waals surface area contributed by atoms with E-state index in [2.05, 4.69) is 4.52 Å². The minimum absolute atomic E-state index is 0.110. The van der Waals surface area contributed by atoms with Crippen LogP contribution >= 0.6 is 7.82 Å². The van der Waals surface area contributed by atoms with E-state index in [9.17, 15) is 4.57 Å². The highest BCUT2D eigenvalue weighted by Crippen LogP contribution is 2.43. The molecule has 1 saturated carbocycles. The number of rotatable bonds is 3. The zero-order chi connectivity index (χ0) is 10.1. The molecule has 13 heavy (non-hydrogen) atoms. The van der Waals surface area contributed by atoms with Crippen LogP contribution < -0.4 is 0 Å². The lowest BCUT2D eigenvalue weighted by atomic mass is 9.78. The molecule has 1 aliphatic carbocycles. The maximum absolute atomic E-state index is 10.4. The smallest absolute Gasteiger partial charge is 0.303 e. The van der Waals surface area contributed by atoms with Crippen molar-refractivity contribution in [2.75, 3.05) is 6.61 Å². The van der Waals surface area contributed by atoms with E-state index in [1.165, 1.54) is 0 Å². The Kier molecular flexibility index (Phi) is 3.58. The maximum Gasteiger partial charge on any atom is 0.469 e. The van der Waals surface area contributed by atoms with Gasteiger partial charge in [0.05, 0.1) is 14.5 Å². The van der Waals surface area contributed by atoms with E-state index < -0.39 is 7.82 Å². The second-order valence-electron chi connectivity index (χ2n) is 3.65. The van der Waals surface area contributed by atoms with Crippen molar-refractivity contribution in [1.82, 2.24) is 0 Å². The lowest BCUT2D eigenvalue weighted by Gasteiger charge is -2.18. The predicted molar refractivity (Wildman–Crippen MR) is 49.4 cm³/mol. The average Bonchev–Trinajstić information content (AvgIpc) is 2.29. The summed E-state index contributed by atoms with van der Waals surface area (Å²) in [5, 5.41) is 0. The molecule has 3 unspecified atom stereocenters. The van der Waals surface area contributed by atoms with Crippen molar-refractivity contribution >= 4 is 15.7 Å². The molecule has 3 atom stereocenters. The fourth-order valence-corrected chi connectivity index (χ4v) is 2.10. The molecular weight excluding hydrogens is 190 g/mol. The first-order valence-electron chi connectivity index (χ1n) is 4.36. The van der Waals surface area contributed by atoms with Crippen molar-refractivity contribution < 1.29 is 18.9 Å². The molecular formula is C7H14BO4P. The third kappa shape index (κ3) is 3.43. The summed E-state index contributed by atoms with van der Waals surface area (Å²) in [6.45, 7) is 2.10. The van der Waals surface area contributed by atoms with Crippen molar-refractivity contribution in [2.24, 2.45) is 11.8 Å². The minimum atomic E-state index is -4.31. The highest BCUT2D eigenvalue weighted by Gasteiger charge is 2.31. The third-order valence-electron chi connectivity index (χ3n) is 2.75. The summed E-state index contributed by atoms with van der Waals surface area (Å²) < 4.78 is 14.9. The van der Waals surface area contributed by atoms with Crippen LogP contribution in [0.2, 0.25) is 5.82 Å². The normalized spacial score (nSPS) is 35.2. The molecule has 0 amide bonds. The Labute approximate surface area is 79.3 Å². The Morgan fingerprint density at radius 1 is 1.54 bits per heavy atom. The van der Waals surface area contributed by atoms with Gasteiger partial charge in [0.25, 0.3) is 0 Å². The molecule has 4 nitrogen and oxygen atoms in total. The molecule has 0 heterocycles. The quantitative estimate of drug-likeness (QED) is 0.533. The first kappa shape index (κ1) is 11.3. The van der Waals surface area contributed by atoms with Crippen LogP contribution in [-0.2, 0) is 9.09 Å². The van der Waals surface area contributed by atoms with Crippen LogP contribution in [0.25, 0.3) is 0 Å². The van der Waals surface area contributed by atoms with Crippen LogP contribution in [0.4, 0.5) is 0 Å². The highest BCUT2D eigenvalue weighted by molar-refractivity contribution is 7.46. The molecule has 0 saturated heterocycles. The van der Waals surface area contributed by atoms with Crippen molar-refractivity contribution in [2.45, 2.75) is 25.6 Å². The van der Waals surface area contributed by atoms with E-state index in [1.54, 1.807) is 0 Å². The summed E-state index contributed by atoms with van der Waals surface area (Å²) >= 11 is 0. The Hall–Kier alpha value is 0.175. The molecule has 0 bridgehead atoms. The molecule has 1 fully saturated rings. The van der Waals surface area contributed by atoms with Crippen LogP contribution in [-0.4, -0.2) is 24.2 Å². The van der Waals surface area contributed by atoms with Gasteiger partial charge in [0.15, 0.2) is 0 Å². The number of phosphoric ester groups is 1. The van der Waals surface area contributed by atoms with Crippen LogP contribution in [0.3, 0.4) is 0 Å². The lowest BCUT2D eigenvalue weighted by molar-refractivity contribution is 0.155. The van der Waals surface area contributed by atoms with Gasteiger partial charge < -0.3 is 9.79 Å². The molecule has 74 valence electrons. The van der Waals surface area contributed by atoms with Gasteiger partial charge in [-0.1, -0.05) is 19.2 Å². The van der Waals surface area contributed by atoms with Crippen molar-refractivity contribution in [3.63, 3.8) is 0 Å². The van der Waals surface area contributed by atoms with Crippen LogP contribution in [0.1, 0.15) is 19.8 Å².